The maximum absolute atomic E-state index is 4.29. The fourth-order valence-corrected chi connectivity index (χ4v) is 1.48. The van der Waals surface area contributed by atoms with Gasteiger partial charge in [-0.05, 0) is 32.0 Å². The van der Waals surface area contributed by atoms with E-state index in [9.17, 15) is 0 Å². The molecule has 0 atom stereocenters. The molecule has 0 aliphatic rings. The molecule has 2 rings (SSSR count). The lowest BCUT2D eigenvalue weighted by atomic mass is 10.2. The molecule has 0 aromatic carbocycles. The second-order valence-corrected chi connectivity index (χ2v) is 3.49. The van der Waals surface area contributed by atoms with E-state index in [4.69, 9.17) is 0 Å². The molecule has 0 aliphatic heterocycles. The van der Waals surface area contributed by atoms with Gasteiger partial charge in [-0.15, -0.1) is 0 Å². The van der Waals surface area contributed by atoms with Crippen LogP contribution < -0.4 is 0 Å². The molecule has 2 heterocycles. The Kier molecular flexibility index (Phi) is 2.31. The van der Waals surface area contributed by atoms with Gasteiger partial charge in [0, 0.05) is 30.2 Å². The van der Waals surface area contributed by atoms with Crippen molar-refractivity contribution in [2.75, 3.05) is 0 Å². The summed E-state index contributed by atoms with van der Waals surface area (Å²) in [6.45, 7) is 4.25. The van der Waals surface area contributed by atoms with Gasteiger partial charge in [0.15, 0.2) is 0 Å². The number of rotatable bonds is 2. The highest BCUT2D eigenvalue weighted by molar-refractivity contribution is 5.58. The summed E-state index contributed by atoms with van der Waals surface area (Å²) in [5, 5.41) is 4.29. The Labute approximate surface area is 83.4 Å². The minimum absolute atomic E-state index is 0.383. The van der Waals surface area contributed by atoms with E-state index < -0.39 is 0 Å². The number of nitrogens with zero attached hydrogens (tertiary/aromatic N) is 3. The largest absolute Gasteiger partial charge is 0.265 e. The molecular weight excluding hydrogens is 174 g/mol. The molecule has 2 aromatic rings. The first-order chi connectivity index (χ1) is 6.79. The normalized spacial score (nSPS) is 10.8. The van der Waals surface area contributed by atoms with Gasteiger partial charge in [0.2, 0.25) is 0 Å². The van der Waals surface area contributed by atoms with Gasteiger partial charge in [-0.25, -0.2) is 0 Å². The molecule has 0 saturated heterocycles. The third-order valence-corrected chi connectivity index (χ3v) is 2.14. The lowest BCUT2D eigenvalue weighted by molar-refractivity contribution is 0.538. The standard InChI is InChI=1S/C11H13N3/c1-9(2)14-11(5-8-13-14)10-3-6-12-7-4-10/h3-9H,1-2H3. The van der Waals surface area contributed by atoms with Crippen molar-refractivity contribution in [2.24, 2.45) is 0 Å². The van der Waals surface area contributed by atoms with Crippen molar-refractivity contribution in [1.29, 1.82) is 0 Å². The monoisotopic (exact) mass is 187 g/mol. The van der Waals surface area contributed by atoms with Crippen LogP contribution in [0.1, 0.15) is 19.9 Å². The molecule has 3 heteroatoms. The van der Waals surface area contributed by atoms with Gasteiger partial charge in [-0.2, -0.15) is 5.10 Å². The third-order valence-electron chi connectivity index (χ3n) is 2.14. The molecule has 2 aromatic heterocycles. The summed E-state index contributed by atoms with van der Waals surface area (Å²) in [5.74, 6) is 0. The van der Waals surface area contributed by atoms with Crippen molar-refractivity contribution >= 4 is 0 Å². The number of hydrogen-bond donors (Lipinski definition) is 0. The second-order valence-electron chi connectivity index (χ2n) is 3.49. The molecule has 0 N–H and O–H groups in total. The van der Waals surface area contributed by atoms with E-state index in [2.05, 4.69) is 23.9 Å². The molecule has 0 aliphatic carbocycles. The van der Waals surface area contributed by atoms with Crippen LogP contribution in [0, 0.1) is 0 Å². The van der Waals surface area contributed by atoms with Crippen LogP contribution in [0.4, 0.5) is 0 Å². The van der Waals surface area contributed by atoms with Crippen LogP contribution in [0.5, 0.6) is 0 Å². The second kappa shape index (κ2) is 3.62. The highest BCUT2D eigenvalue weighted by Gasteiger charge is 2.06. The number of aromatic nitrogens is 3. The average Bonchev–Trinajstić information content (AvgIpc) is 2.67. The quantitative estimate of drug-likeness (QED) is 0.723. The Hall–Kier alpha value is -1.64. The predicted molar refractivity (Wildman–Crippen MR) is 55.8 cm³/mol. The van der Waals surface area contributed by atoms with Gasteiger partial charge >= 0.3 is 0 Å². The zero-order chi connectivity index (χ0) is 9.97. The van der Waals surface area contributed by atoms with Crippen LogP contribution in [-0.2, 0) is 0 Å². The zero-order valence-corrected chi connectivity index (χ0v) is 8.38. The first-order valence-electron chi connectivity index (χ1n) is 4.73. The summed E-state index contributed by atoms with van der Waals surface area (Å²) < 4.78 is 2.01. The molecule has 0 unspecified atom stereocenters. The van der Waals surface area contributed by atoms with Crippen LogP contribution in [-0.4, -0.2) is 14.8 Å². The molecule has 3 nitrogen and oxygen atoms in total. The Morgan fingerprint density at radius 3 is 2.43 bits per heavy atom. The maximum Gasteiger partial charge on any atom is 0.0686 e. The molecule has 14 heavy (non-hydrogen) atoms. The van der Waals surface area contributed by atoms with Gasteiger partial charge in [0.05, 0.1) is 5.69 Å². The summed E-state index contributed by atoms with van der Waals surface area (Å²) in [4.78, 5) is 4.00. The predicted octanol–water partition coefficient (Wildman–Crippen LogP) is 2.53. The summed E-state index contributed by atoms with van der Waals surface area (Å²) in [6, 6.07) is 6.40. The fraction of sp³-hybridized carbons (Fsp3) is 0.273. The summed E-state index contributed by atoms with van der Waals surface area (Å²) in [5.41, 5.74) is 2.30. The van der Waals surface area contributed by atoms with Gasteiger partial charge in [0.25, 0.3) is 0 Å². The van der Waals surface area contributed by atoms with Crippen LogP contribution in [0.3, 0.4) is 0 Å². The molecule has 0 radical (unpaired) electrons. The summed E-state index contributed by atoms with van der Waals surface area (Å²) in [6.07, 6.45) is 5.43. The molecule has 0 saturated carbocycles. The molecular formula is C11H13N3. The van der Waals surface area contributed by atoms with Crippen LogP contribution >= 0.6 is 0 Å². The lowest BCUT2D eigenvalue weighted by Gasteiger charge is -2.10. The zero-order valence-electron chi connectivity index (χ0n) is 8.38. The smallest absolute Gasteiger partial charge is 0.0686 e. The van der Waals surface area contributed by atoms with Crippen molar-refractivity contribution in [3.05, 3.63) is 36.8 Å². The van der Waals surface area contributed by atoms with Crippen molar-refractivity contribution < 1.29 is 0 Å². The SMILES string of the molecule is CC(C)n1nccc1-c1ccncc1. The molecule has 0 spiro atoms. The van der Waals surface area contributed by atoms with Crippen molar-refractivity contribution in [3.8, 4) is 11.3 Å². The van der Waals surface area contributed by atoms with E-state index in [1.54, 1.807) is 12.4 Å². The van der Waals surface area contributed by atoms with E-state index in [0.29, 0.717) is 6.04 Å². The Bertz CT molecular complexity index is 403. The summed E-state index contributed by atoms with van der Waals surface area (Å²) in [7, 11) is 0. The molecule has 0 fully saturated rings. The summed E-state index contributed by atoms with van der Waals surface area (Å²) >= 11 is 0. The van der Waals surface area contributed by atoms with Crippen molar-refractivity contribution in [2.45, 2.75) is 19.9 Å². The van der Waals surface area contributed by atoms with Gasteiger partial charge < -0.3 is 0 Å². The topological polar surface area (TPSA) is 30.7 Å². The highest BCUT2D eigenvalue weighted by Crippen LogP contribution is 2.20. The number of pyridine rings is 1. The fourth-order valence-electron chi connectivity index (χ4n) is 1.48. The average molecular weight is 187 g/mol. The number of hydrogen-bond acceptors (Lipinski definition) is 2. The Balaban J connectivity index is 2.47. The minimum Gasteiger partial charge on any atom is -0.265 e. The van der Waals surface area contributed by atoms with Crippen molar-refractivity contribution in [3.63, 3.8) is 0 Å². The minimum atomic E-state index is 0.383. The van der Waals surface area contributed by atoms with Crippen molar-refractivity contribution in [1.82, 2.24) is 14.8 Å². The van der Waals surface area contributed by atoms with Crippen LogP contribution in [0.2, 0.25) is 0 Å². The molecule has 0 bridgehead atoms. The van der Waals surface area contributed by atoms with E-state index in [1.165, 1.54) is 0 Å². The maximum atomic E-state index is 4.29. The molecule has 72 valence electrons. The van der Waals surface area contributed by atoms with Gasteiger partial charge in [-0.1, -0.05) is 0 Å². The van der Waals surface area contributed by atoms with E-state index in [-0.39, 0.29) is 0 Å². The first kappa shape index (κ1) is 8.94. The van der Waals surface area contributed by atoms with E-state index in [0.717, 1.165) is 11.3 Å². The Morgan fingerprint density at radius 1 is 1.07 bits per heavy atom. The van der Waals surface area contributed by atoms with Gasteiger partial charge in [0.1, 0.15) is 0 Å². The van der Waals surface area contributed by atoms with Crippen LogP contribution in [0.15, 0.2) is 36.8 Å². The van der Waals surface area contributed by atoms with Gasteiger partial charge in [-0.3, -0.25) is 9.67 Å². The Morgan fingerprint density at radius 2 is 1.79 bits per heavy atom. The molecule has 0 amide bonds. The first-order valence-corrected chi connectivity index (χ1v) is 4.73. The van der Waals surface area contributed by atoms with Crippen LogP contribution in [0.25, 0.3) is 11.3 Å². The van der Waals surface area contributed by atoms with E-state index >= 15 is 0 Å². The third kappa shape index (κ3) is 1.53. The van der Waals surface area contributed by atoms with E-state index in [1.807, 2.05) is 29.1 Å². The lowest BCUT2D eigenvalue weighted by Crippen LogP contribution is -2.04. The highest BCUT2D eigenvalue weighted by atomic mass is 15.3.